The highest BCUT2D eigenvalue weighted by molar-refractivity contribution is 7.92. The molecule has 154 valence electrons. The Kier molecular flexibility index (Phi) is 6.07. The van der Waals surface area contributed by atoms with Crippen LogP contribution in [0.15, 0.2) is 42.5 Å². The van der Waals surface area contributed by atoms with E-state index in [0.717, 1.165) is 12.7 Å². The first kappa shape index (κ1) is 20.7. The molecule has 0 radical (unpaired) electrons. The molecule has 0 fully saturated rings. The number of rotatable bonds is 6. The molecule has 0 bridgehead atoms. The minimum Gasteiger partial charge on any atom is -0.490 e. The number of carbonyl (C=O) groups excluding carboxylic acids is 2. The van der Waals surface area contributed by atoms with Crippen molar-refractivity contribution in [3.63, 3.8) is 0 Å². The SMILES string of the molecule is C[C@@H](OC(=O)c1ccc2c(c1)OCCCO2)C(=O)c1ccc(NS(C)(=O)=O)cc1. The molecule has 2 aromatic carbocycles. The van der Waals surface area contributed by atoms with Crippen LogP contribution in [0.2, 0.25) is 0 Å². The highest BCUT2D eigenvalue weighted by atomic mass is 32.2. The van der Waals surface area contributed by atoms with Gasteiger partial charge < -0.3 is 14.2 Å². The molecule has 0 aliphatic carbocycles. The molecule has 0 unspecified atom stereocenters. The van der Waals surface area contributed by atoms with E-state index in [0.29, 0.717) is 36.0 Å². The zero-order valence-electron chi connectivity index (χ0n) is 16.0. The number of esters is 1. The van der Waals surface area contributed by atoms with Gasteiger partial charge in [-0.2, -0.15) is 0 Å². The van der Waals surface area contributed by atoms with Crippen LogP contribution in [0.3, 0.4) is 0 Å². The van der Waals surface area contributed by atoms with Crippen molar-refractivity contribution in [1.29, 1.82) is 0 Å². The number of ether oxygens (including phenoxy) is 3. The van der Waals surface area contributed by atoms with Crippen molar-refractivity contribution in [1.82, 2.24) is 0 Å². The first-order chi connectivity index (χ1) is 13.7. The standard InChI is InChI=1S/C20H21NO7S/c1-13(19(22)14-4-7-16(8-5-14)21-29(2,24)25)28-20(23)15-6-9-17-18(12-15)27-11-3-10-26-17/h4-9,12-13,21H,3,10-11H2,1-2H3/t13-/m1/s1. The predicted molar refractivity (Wildman–Crippen MR) is 106 cm³/mol. The van der Waals surface area contributed by atoms with Crippen molar-refractivity contribution >= 4 is 27.5 Å². The Balaban J connectivity index is 1.66. The van der Waals surface area contributed by atoms with E-state index < -0.39 is 27.9 Å². The molecule has 1 atom stereocenters. The van der Waals surface area contributed by atoms with E-state index in [1.54, 1.807) is 12.1 Å². The Labute approximate surface area is 168 Å². The number of fused-ring (bicyclic) bond motifs is 1. The van der Waals surface area contributed by atoms with Crippen LogP contribution >= 0.6 is 0 Å². The third-order valence-electron chi connectivity index (χ3n) is 4.11. The third-order valence-corrected chi connectivity index (χ3v) is 4.72. The van der Waals surface area contributed by atoms with Gasteiger partial charge in [0.1, 0.15) is 0 Å². The monoisotopic (exact) mass is 419 g/mol. The van der Waals surface area contributed by atoms with Crippen LogP contribution in [0.25, 0.3) is 0 Å². The van der Waals surface area contributed by atoms with Gasteiger partial charge in [-0.05, 0) is 49.4 Å². The maximum atomic E-state index is 12.5. The Hall–Kier alpha value is -3.07. The van der Waals surface area contributed by atoms with E-state index in [9.17, 15) is 18.0 Å². The zero-order valence-corrected chi connectivity index (χ0v) is 16.8. The van der Waals surface area contributed by atoms with Gasteiger partial charge >= 0.3 is 5.97 Å². The van der Waals surface area contributed by atoms with Gasteiger partial charge in [-0.1, -0.05) is 0 Å². The van der Waals surface area contributed by atoms with Crippen LogP contribution in [-0.2, 0) is 14.8 Å². The summed E-state index contributed by atoms with van der Waals surface area (Å²) in [7, 11) is -3.41. The summed E-state index contributed by atoms with van der Waals surface area (Å²) in [6.07, 6.45) is 0.762. The quantitative estimate of drug-likeness (QED) is 0.566. The summed E-state index contributed by atoms with van der Waals surface area (Å²) in [6, 6.07) is 10.6. The van der Waals surface area contributed by atoms with E-state index >= 15 is 0 Å². The molecule has 0 amide bonds. The summed E-state index contributed by atoms with van der Waals surface area (Å²) in [5.41, 5.74) is 0.880. The lowest BCUT2D eigenvalue weighted by Gasteiger charge is -2.14. The molecule has 1 aliphatic heterocycles. The molecule has 1 aliphatic rings. The molecular formula is C20H21NO7S. The van der Waals surface area contributed by atoms with Crippen LogP contribution in [-0.4, -0.2) is 45.7 Å². The molecular weight excluding hydrogens is 398 g/mol. The Morgan fingerprint density at radius 2 is 1.62 bits per heavy atom. The first-order valence-electron chi connectivity index (χ1n) is 8.95. The van der Waals surface area contributed by atoms with Crippen molar-refractivity contribution in [2.45, 2.75) is 19.4 Å². The summed E-state index contributed by atoms with van der Waals surface area (Å²) in [6.45, 7) is 2.51. The Bertz CT molecular complexity index is 1020. The summed E-state index contributed by atoms with van der Waals surface area (Å²) < 4.78 is 41.2. The second-order valence-corrected chi connectivity index (χ2v) is 8.32. The fourth-order valence-corrected chi connectivity index (χ4v) is 3.29. The molecule has 0 spiro atoms. The topological polar surface area (TPSA) is 108 Å². The molecule has 0 saturated carbocycles. The van der Waals surface area contributed by atoms with E-state index in [-0.39, 0.29) is 5.56 Å². The van der Waals surface area contributed by atoms with Crippen LogP contribution in [0.4, 0.5) is 5.69 Å². The molecule has 3 rings (SSSR count). The highest BCUT2D eigenvalue weighted by Gasteiger charge is 2.22. The van der Waals surface area contributed by atoms with E-state index in [1.165, 1.54) is 37.3 Å². The lowest BCUT2D eigenvalue weighted by molar-refractivity contribution is 0.0318. The zero-order chi connectivity index (χ0) is 21.0. The van der Waals surface area contributed by atoms with Crippen molar-refractivity contribution in [2.75, 3.05) is 24.2 Å². The Morgan fingerprint density at radius 1 is 1.00 bits per heavy atom. The molecule has 0 aromatic heterocycles. The number of nitrogens with one attached hydrogen (secondary N) is 1. The van der Waals surface area contributed by atoms with Crippen molar-refractivity contribution in [3.8, 4) is 11.5 Å². The van der Waals surface area contributed by atoms with Crippen LogP contribution in [0.1, 0.15) is 34.1 Å². The van der Waals surface area contributed by atoms with Gasteiger partial charge in [0.05, 0.1) is 25.0 Å². The number of carbonyl (C=O) groups is 2. The number of ketones is 1. The average Bonchev–Trinajstić information content (AvgIpc) is 2.91. The molecule has 1 heterocycles. The molecule has 0 saturated heterocycles. The van der Waals surface area contributed by atoms with E-state index in [4.69, 9.17) is 14.2 Å². The van der Waals surface area contributed by atoms with Crippen LogP contribution in [0.5, 0.6) is 11.5 Å². The van der Waals surface area contributed by atoms with Gasteiger partial charge in [-0.15, -0.1) is 0 Å². The third kappa shape index (κ3) is 5.47. The summed E-state index contributed by atoms with van der Waals surface area (Å²) in [5.74, 6) is -0.0358. The maximum absolute atomic E-state index is 12.5. The second kappa shape index (κ2) is 8.52. The minimum absolute atomic E-state index is 0.251. The van der Waals surface area contributed by atoms with E-state index in [1.807, 2.05) is 0 Å². The van der Waals surface area contributed by atoms with Gasteiger partial charge in [-0.3, -0.25) is 9.52 Å². The number of hydrogen-bond acceptors (Lipinski definition) is 7. The predicted octanol–water partition coefficient (Wildman–Crippen LogP) is 2.65. The molecule has 9 heteroatoms. The molecule has 2 aromatic rings. The number of Topliss-reactive ketones (excluding diaryl/α,β-unsaturated/α-hetero) is 1. The summed E-state index contributed by atoms with van der Waals surface area (Å²) in [4.78, 5) is 25.0. The van der Waals surface area contributed by atoms with Gasteiger partial charge in [0.15, 0.2) is 17.6 Å². The second-order valence-electron chi connectivity index (χ2n) is 6.58. The molecule has 29 heavy (non-hydrogen) atoms. The summed E-state index contributed by atoms with van der Waals surface area (Å²) >= 11 is 0. The molecule has 1 N–H and O–H groups in total. The van der Waals surface area contributed by atoms with Crippen molar-refractivity contribution in [2.24, 2.45) is 0 Å². The van der Waals surface area contributed by atoms with Crippen molar-refractivity contribution in [3.05, 3.63) is 53.6 Å². The lowest BCUT2D eigenvalue weighted by Crippen LogP contribution is -2.24. The van der Waals surface area contributed by atoms with Gasteiger partial charge in [0.25, 0.3) is 0 Å². The van der Waals surface area contributed by atoms with E-state index in [2.05, 4.69) is 4.72 Å². The minimum atomic E-state index is -3.41. The maximum Gasteiger partial charge on any atom is 0.338 e. The number of anilines is 1. The smallest absolute Gasteiger partial charge is 0.338 e. The first-order valence-corrected chi connectivity index (χ1v) is 10.8. The van der Waals surface area contributed by atoms with Gasteiger partial charge in [-0.25, -0.2) is 13.2 Å². The lowest BCUT2D eigenvalue weighted by atomic mass is 10.1. The number of benzene rings is 2. The largest absolute Gasteiger partial charge is 0.490 e. The normalized spacial score (nSPS) is 14.4. The van der Waals surface area contributed by atoms with Gasteiger partial charge in [0, 0.05) is 17.7 Å². The fraction of sp³-hybridized carbons (Fsp3) is 0.300. The van der Waals surface area contributed by atoms with Crippen molar-refractivity contribution < 1.29 is 32.2 Å². The number of sulfonamides is 1. The average molecular weight is 419 g/mol. The fourth-order valence-electron chi connectivity index (χ4n) is 2.72. The Morgan fingerprint density at radius 3 is 2.28 bits per heavy atom. The summed E-state index contributed by atoms with van der Waals surface area (Å²) in [5, 5.41) is 0. The number of hydrogen-bond donors (Lipinski definition) is 1. The van der Waals surface area contributed by atoms with Crippen LogP contribution in [0, 0.1) is 0 Å². The molecule has 8 nitrogen and oxygen atoms in total. The highest BCUT2D eigenvalue weighted by Crippen LogP contribution is 2.30. The van der Waals surface area contributed by atoms with Crippen LogP contribution < -0.4 is 14.2 Å². The van der Waals surface area contributed by atoms with Gasteiger partial charge in [0.2, 0.25) is 15.8 Å².